The number of hydrogen-bond donors (Lipinski definition) is 2. The Bertz CT molecular complexity index is 574. The van der Waals surface area contributed by atoms with Crippen LogP contribution in [0.2, 0.25) is 0 Å². The number of hydrogen-bond acceptors (Lipinski definition) is 5. The smallest absolute Gasteiger partial charge is 0.145 e. The Kier molecular flexibility index (Phi) is 5.51. The van der Waals surface area contributed by atoms with Crippen LogP contribution in [0, 0.1) is 5.82 Å². The molecule has 2 rings (SSSR count). The van der Waals surface area contributed by atoms with Crippen molar-refractivity contribution >= 4 is 5.69 Å². The molecule has 21 heavy (non-hydrogen) atoms. The predicted molar refractivity (Wildman–Crippen MR) is 76.6 cm³/mol. The quantitative estimate of drug-likeness (QED) is 0.777. The van der Waals surface area contributed by atoms with E-state index in [0.717, 1.165) is 5.69 Å². The minimum absolute atomic E-state index is 0.126. The van der Waals surface area contributed by atoms with Crippen LogP contribution in [0.3, 0.4) is 0 Å². The Morgan fingerprint density at radius 2 is 2.29 bits per heavy atom. The number of anilines is 1. The zero-order valence-electron chi connectivity index (χ0n) is 11.9. The summed E-state index contributed by atoms with van der Waals surface area (Å²) in [6.45, 7) is 3.53. The molecule has 6 nitrogen and oxygen atoms in total. The Morgan fingerprint density at radius 3 is 3.05 bits per heavy atom. The summed E-state index contributed by atoms with van der Waals surface area (Å²) in [6, 6.07) is 4.36. The number of rotatable bonds is 8. The number of aromatic nitrogens is 3. The molecule has 1 heterocycles. The lowest BCUT2D eigenvalue weighted by Gasteiger charge is -2.11. The number of aliphatic hydroxyl groups excluding tert-OH is 1. The van der Waals surface area contributed by atoms with E-state index in [1.165, 1.54) is 12.1 Å². The van der Waals surface area contributed by atoms with E-state index in [0.29, 0.717) is 37.6 Å². The molecule has 2 N–H and O–H groups in total. The number of nitrogens with zero attached hydrogens (tertiary/aromatic N) is 3. The van der Waals surface area contributed by atoms with Crippen LogP contribution < -0.4 is 10.1 Å². The molecule has 0 saturated carbocycles. The first-order valence-electron chi connectivity index (χ1n) is 6.89. The lowest BCUT2D eigenvalue weighted by molar-refractivity contribution is 0.276. The summed E-state index contributed by atoms with van der Waals surface area (Å²) in [4.78, 5) is 0. The van der Waals surface area contributed by atoms with E-state index in [-0.39, 0.29) is 12.4 Å². The molecule has 0 fully saturated rings. The summed E-state index contributed by atoms with van der Waals surface area (Å²) in [5.74, 6) is 0.143. The van der Waals surface area contributed by atoms with E-state index in [1.54, 1.807) is 10.7 Å². The Morgan fingerprint density at radius 1 is 1.43 bits per heavy atom. The van der Waals surface area contributed by atoms with Gasteiger partial charge in [0.05, 0.1) is 25.0 Å². The molecule has 0 amide bonds. The van der Waals surface area contributed by atoms with Crippen LogP contribution >= 0.6 is 0 Å². The first-order valence-corrected chi connectivity index (χ1v) is 6.89. The van der Waals surface area contributed by atoms with Crippen LogP contribution in [0.5, 0.6) is 5.75 Å². The number of benzene rings is 1. The van der Waals surface area contributed by atoms with Crippen molar-refractivity contribution in [3.8, 4) is 5.75 Å². The third-order valence-electron chi connectivity index (χ3n) is 2.83. The third-order valence-corrected chi connectivity index (χ3v) is 2.83. The van der Waals surface area contributed by atoms with Crippen LogP contribution in [0.25, 0.3) is 0 Å². The summed E-state index contributed by atoms with van der Waals surface area (Å²) in [6.07, 6.45) is 2.45. The molecule has 0 saturated heterocycles. The first-order chi connectivity index (χ1) is 10.2. The number of aryl methyl sites for hydroxylation is 1. The summed E-state index contributed by atoms with van der Waals surface area (Å²) in [5, 5.41) is 19.9. The molecule has 114 valence electrons. The third kappa shape index (κ3) is 4.42. The van der Waals surface area contributed by atoms with Crippen LogP contribution in [0.4, 0.5) is 10.1 Å². The van der Waals surface area contributed by atoms with Crippen molar-refractivity contribution < 1.29 is 14.2 Å². The normalized spacial score (nSPS) is 10.6. The number of ether oxygens (including phenoxy) is 1. The van der Waals surface area contributed by atoms with Crippen LogP contribution in [0.15, 0.2) is 24.4 Å². The second-order valence-corrected chi connectivity index (χ2v) is 4.48. The first kappa shape index (κ1) is 15.2. The molecule has 0 aliphatic rings. The molecular weight excluding hydrogens is 275 g/mol. The maximum absolute atomic E-state index is 13.2. The fourth-order valence-corrected chi connectivity index (χ4v) is 1.86. The minimum Gasteiger partial charge on any atom is -0.492 e. The predicted octanol–water partition coefficient (Wildman–Crippen LogP) is 1.81. The maximum Gasteiger partial charge on any atom is 0.145 e. The zero-order valence-corrected chi connectivity index (χ0v) is 11.9. The number of aliphatic hydroxyl groups is 1. The fourth-order valence-electron chi connectivity index (χ4n) is 1.86. The summed E-state index contributed by atoms with van der Waals surface area (Å²) >= 11 is 0. The maximum atomic E-state index is 13.2. The molecule has 0 spiro atoms. The van der Waals surface area contributed by atoms with Gasteiger partial charge in [0.2, 0.25) is 0 Å². The van der Waals surface area contributed by atoms with Crippen molar-refractivity contribution in [3.63, 3.8) is 0 Å². The molecule has 0 unspecified atom stereocenters. The van der Waals surface area contributed by atoms with Gasteiger partial charge in [-0.05, 0) is 25.5 Å². The fraction of sp³-hybridized carbons (Fsp3) is 0.429. The summed E-state index contributed by atoms with van der Waals surface area (Å²) < 4.78 is 20.3. The molecule has 0 aliphatic heterocycles. The molecular formula is C14H19FN4O2. The van der Waals surface area contributed by atoms with Crippen LogP contribution in [0.1, 0.15) is 19.0 Å². The van der Waals surface area contributed by atoms with Gasteiger partial charge in [0.25, 0.3) is 0 Å². The minimum atomic E-state index is -0.334. The van der Waals surface area contributed by atoms with E-state index in [1.807, 2.05) is 13.1 Å². The van der Waals surface area contributed by atoms with E-state index in [9.17, 15) is 4.39 Å². The SMILES string of the molecule is CCOc1cc(F)ccc1NCc1cn(CCCO)nn1. The van der Waals surface area contributed by atoms with Gasteiger partial charge < -0.3 is 15.2 Å². The second-order valence-electron chi connectivity index (χ2n) is 4.48. The monoisotopic (exact) mass is 294 g/mol. The van der Waals surface area contributed by atoms with Crippen LogP contribution in [-0.4, -0.2) is 33.3 Å². The molecule has 0 radical (unpaired) electrons. The van der Waals surface area contributed by atoms with E-state index < -0.39 is 0 Å². The second kappa shape index (κ2) is 7.58. The van der Waals surface area contributed by atoms with Gasteiger partial charge in [-0.2, -0.15) is 0 Å². The lowest BCUT2D eigenvalue weighted by atomic mass is 10.2. The van der Waals surface area contributed by atoms with Gasteiger partial charge in [-0.1, -0.05) is 5.21 Å². The largest absolute Gasteiger partial charge is 0.492 e. The highest BCUT2D eigenvalue weighted by atomic mass is 19.1. The van der Waals surface area contributed by atoms with E-state index in [2.05, 4.69) is 15.6 Å². The molecule has 2 aromatic rings. The van der Waals surface area contributed by atoms with E-state index in [4.69, 9.17) is 9.84 Å². The van der Waals surface area contributed by atoms with Gasteiger partial charge in [0.15, 0.2) is 0 Å². The highest BCUT2D eigenvalue weighted by Crippen LogP contribution is 2.25. The van der Waals surface area contributed by atoms with E-state index >= 15 is 0 Å². The average Bonchev–Trinajstić information content (AvgIpc) is 2.92. The zero-order chi connectivity index (χ0) is 15.1. The van der Waals surface area contributed by atoms with Crippen molar-refractivity contribution in [2.75, 3.05) is 18.5 Å². The van der Waals surface area contributed by atoms with Gasteiger partial charge in [-0.25, -0.2) is 4.39 Å². The number of nitrogens with one attached hydrogen (secondary N) is 1. The van der Waals surface area contributed by atoms with Gasteiger partial charge in [-0.3, -0.25) is 4.68 Å². The van der Waals surface area contributed by atoms with Gasteiger partial charge in [0, 0.05) is 19.2 Å². The average molecular weight is 294 g/mol. The molecule has 7 heteroatoms. The molecule has 1 aromatic carbocycles. The Hall–Kier alpha value is -2.15. The van der Waals surface area contributed by atoms with Crippen molar-refractivity contribution in [2.24, 2.45) is 0 Å². The number of halogens is 1. The molecule has 0 atom stereocenters. The van der Waals surface area contributed by atoms with Crippen molar-refractivity contribution in [1.82, 2.24) is 15.0 Å². The van der Waals surface area contributed by atoms with Crippen LogP contribution in [-0.2, 0) is 13.1 Å². The van der Waals surface area contributed by atoms with Crippen molar-refractivity contribution in [3.05, 3.63) is 35.9 Å². The molecule has 0 aliphatic carbocycles. The summed E-state index contributed by atoms with van der Waals surface area (Å²) in [5.41, 5.74) is 1.47. The van der Waals surface area contributed by atoms with Gasteiger partial charge in [0.1, 0.15) is 17.3 Å². The molecule has 1 aromatic heterocycles. The van der Waals surface area contributed by atoms with Gasteiger partial charge >= 0.3 is 0 Å². The lowest BCUT2D eigenvalue weighted by Crippen LogP contribution is -2.03. The standard InChI is InChI=1S/C14H19FN4O2/c1-2-21-14-8-11(15)4-5-13(14)16-9-12-10-19(18-17-12)6-3-7-20/h4-5,8,10,16,20H,2-3,6-7,9H2,1H3. The Balaban J connectivity index is 1.97. The highest BCUT2D eigenvalue weighted by Gasteiger charge is 2.06. The summed E-state index contributed by atoms with van der Waals surface area (Å²) in [7, 11) is 0. The topological polar surface area (TPSA) is 72.2 Å². The molecule has 0 bridgehead atoms. The van der Waals surface area contributed by atoms with Crippen molar-refractivity contribution in [2.45, 2.75) is 26.4 Å². The highest BCUT2D eigenvalue weighted by molar-refractivity contribution is 5.56. The van der Waals surface area contributed by atoms with Gasteiger partial charge in [-0.15, -0.1) is 5.10 Å². The van der Waals surface area contributed by atoms with Crippen molar-refractivity contribution in [1.29, 1.82) is 0 Å². The Labute approximate surface area is 122 Å².